The molecule has 3 nitrogen and oxygen atoms in total. The number of hydrogen-bond donors (Lipinski definition) is 0. The minimum atomic E-state index is -2.68. The normalized spacial score (nSPS) is 16.2. The molecule has 0 aromatic heterocycles. The molecule has 0 aliphatic rings. The fourth-order valence-electron chi connectivity index (χ4n) is 0.267. The molecule has 9 heavy (non-hydrogen) atoms. The van der Waals surface area contributed by atoms with E-state index < -0.39 is 14.7 Å². The molecule has 0 unspecified atom stereocenters. The SMILES string of the molecule is CP(C)(C)(C)OP(=O)=O. The van der Waals surface area contributed by atoms with E-state index in [4.69, 9.17) is 4.31 Å². The van der Waals surface area contributed by atoms with Gasteiger partial charge in [0, 0.05) is 0 Å². The molecule has 0 aromatic carbocycles. The fourth-order valence-corrected chi connectivity index (χ4v) is 2.40. The second-order valence-electron chi connectivity index (χ2n) is 3.72. The molecule has 0 aliphatic carbocycles. The van der Waals surface area contributed by atoms with Crippen LogP contribution < -0.4 is 0 Å². The molecule has 0 bridgehead atoms. The Hall–Kier alpha value is 0.290. The van der Waals surface area contributed by atoms with Crippen molar-refractivity contribution in [1.29, 1.82) is 0 Å². The van der Waals surface area contributed by atoms with Crippen molar-refractivity contribution in [2.24, 2.45) is 0 Å². The molecule has 0 radical (unpaired) electrons. The Labute approximate surface area is 55.7 Å². The van der Waals surface area contributed by atoms with E-state index in [1.165, 1.54) is 0 Å². The zero-order valence-corrected chi connectivity index (χ0v) is 7.91. The summed E-state index contributed by atoms with van der Waals surface area (Å²) in [7, 11) is -2.68. The first-order valence-electron chi connectivity index (χ1n) is 2.52. The van der Waals surface area contributed by atoms with Gasteiger partial charge < -0.3 is 0 Å². The molecule has 0 aliphatic heterocycles. The van der Waals surface area contributed by atoms with Gasteiger partial charge in [-0.1, -0.05) is 0 Å². The van der Waals surface area contributed by atoms with Crippen molar-refractivity contribution >= 4 is 14.7 Å². The maximum atomic E-state index is 10.1. The van der Waals surface area contributed by atoms with Crippen LogP contribution in [0.4, 0.5) is 0 Å². The predicted molar refractivity (Wildman–Crippen MR) is 40.0 cm³/mol. The average Bonchev–Trinajstić information content (AvgIpc) is 1.16. The predicted octanol–water partition coefficient (Wildman–Crippen LogP) is 2.08. The molecule has 0 heterocycles. The van der Waals surface area contributed by atoms with E-state index in [-0.39, 0.29) is 0 Å². The third-order valence-corrected chi connectivity index (χ3v) is 3.54. The van der Waals surface area contributed by atoms with Gasteiger partial charge in [0.1, 0.15) is 0 Å². The van der Waals surface area contributed by atoms with Gasteiger partial charge >= 0.3 is 54.8 Å². The summed E-state index contributed by atoms with van der Waals surface area (Å²) < 4.78 is 24.8. The van der Waals surface area contributed by atoms with Crippen molar-refractivity contribution in [3.05, 3.63) is 0 Å². The van der Waals surface area contributed by atoms with Crippen LogP contribution in [0, 0.1) is 0 Å². The second-order valence-corrected chi connectivity index (χ2v) is 11.6. The van der Waals surface area contributed by atoms with Crippen LogP contribution >= 0.6 is 14.7 Å². The summed E-state index contributed by atoms with van der Waals surface area (Å²) in [5.41, 5.74) is 0. The van der Waals surface area contributed by atoms with E-state index in [1.807, 2.05) is 26.7 Å². The van der Waals surface area contributed by atoms with Crippen LogP contribution in [-0.4, -0.2) is 26.7 Å². The van der Waals surface area contributed by atoms with E-state index in [0.29, 0.717) is 0 Å². The van der Waals surface area contributed by atoms with Crippen LogP contribution in [-0.2, 0) is 13.4 Å². The number of rotatable bonds is 2. The zero-order valence-electron chi connectivity index (χ0n) is 6.12. The van der Waals surface area contributed by atoms with Gasteiger partial charge in [0.2, 0.25) is 0 Å². The van der Waals surface area contributed by atoms with Gasteiger partial charge in [-0.15, -0.1) is 0 Å². The maximum absolute atomic E-state index is 10.1. The standard InChI is InChI=1S/C4H12O3P2/c1-9(2,3,4)7-8(5)6/h1-4H3. The molecule has 0 aromatic rings. The number of hydrogen-bond acceptors (Lipinski definition) is 3. The van der Waals surface area contributed by atoms with Crippen LogP contribution in [0.1, 0.15) is 0 Å². The Morgan fingerprint density at radius 1 is 1.11 bits per heavy atom. The van der Waals surface area contributed by atoms with Crippen LogP contribution in [0.15, 0.2) is 0 Å². The van der Waals surface area contributed by atoms with Crippen LogP contribution in [0.2, 0.25) is 0 Å². The Morgan fingerprint density at radius 3 is 1.44 bits per heavy atom. The molecule has 0 atom stereocenters. The van der Waals surface area contributed by atoms with Crippen LogP contribution in [0.25, 0.3) is 0 Å². The topological polar surface area (TPSA) is 43.4 Å². The first-order chi connectivity index (χ1) is 3.67. The van der Waals surface area contributed by atoms with Gasteiger partial charge in [0.25, 0.3) is 0 Å². The first kappa shape index (κ1) is 9.29. The van der Waals surface area contributed by atoms with Crippen molar-refractivity contribution in [3.63, 3.8) is 0 Å². The summed E-state index contributed by atoms with van der Waals surface area (Å²) in [6, 6.07) is 0. The second kappa shape index (κ2) is 2.16. The van der Waals surface area contributed by atoms with Gasteiger partial charge in [0.15, 0.2) is 0 Å². The van der Waals surface area contributed by atoms with E-state index in [2.05, 4.69) is 0 Å². The van der Waals surface area contributed by atoms with Gasteiger partial charge in [0.05, 0.1) is 0 Å². The molecule has 0 saturated heterocycles. The Bertz CT molecular complexity index is 157. The van der Waals surface area contributed by atoms with Crippen molar-refractivity contribution in [2.75, 3.05) is 26.7 Å². The van der Waals surface area contributed by atoms with Crippen LogP contribution in [0.5, 0.6) is 0 Å². The molecular formula is C4H12O3P2. The van der Waals surface area contributed by atoms with Crippen molar-refractivity contribution in [1.82, 2.24) is 0 Å². The van der Waals surface area contributed by atoms with E-state index >= 15 is 0 Å². The summed E-state index contributed by atoms with van der Waals surface area (Å²) in [6.45, 7) is 5.05. The van der Waals surface area contributed by atoms with Crippen molar-refractivity contribution in [2.45, 2.75) is 0 Å². The van der Waals surface area contributed by atoms with Crippen molar-refractivity contribution in [3.8, 4) is 0 Å². The molecule has 0 amide bonds. The van der Waals surface area contributed by atoms with Gasteiger partial charge in [-0.05, 0) is 0 Å². The molecule has 0 fully saturated rings. The molecule has 0 spiro atoms. The van der Waals surface area contributed by atoms with E-state index in [9.17, 15) is 9.13 Å². The third-order valence-electron chi connectivity index (χ3n) is 0.393. The molecule has 0 N–H and O–H groups in total. The molecule has 56 valence electrons. The first-order valence-corrected chi connectivity index (χ1v) is 7.56. The average molecular weight is 170 g/mol. The summed E-state index contributed by atoms with van der Waals surface area (Å²) >= 11 is 0. The molecular weight excluding hydrogens is 158 g/mol. The van der Waals surface area contributed by atoms with Gasteiger partial charge in [-0.25, -0.2) is 0 Å². The minimum absolute atomic E-state index is 1.83. The summed E-state index contributed by atoms with van der Waals surface area (Å²) in [5.74, 6) is 0. The quantitative estimate of drug-likeness (QED) is 0.596. The fraction of sp³-hybridized carbons (Fsp3) is 1.00. The molecule has 0 rings (SSSR count). The summed E-state index contributed by atoms with van der Waals surface area (Å²) in [4.78, 5) is 0. The Balaban J connectivity index is 4.22. The van der Waals surface area contributed by atoms with Gasteiger partial charge in [-0.3, -0.25) is 0 Å². The summed E-state index contributed by atoms with van der Waals surface area (Å²) in [6.07, 6.45) is 0. The molecule has 5 heteroatoms. The van der Waals surface area contributed by atoms with Crippen LogP contribution in [0.3, 0.4) is 0 Å². The van der Waals surface area contributed by atoms with Gasteiger partial charge in [-0.2, -0.15) is 0 Å². The third kappa shape index (κ3) is 8.29. The molecule has 0 saturated carbocycles. The zero-order chi connectivity index (χ0) is 7.73. The Morgan fingerprint density at radius 2 is 1.44 bits per heavy atom. The van der Waals surface area contributed by atoms with E-state index in [0.717, 1.165) is 0 Å². The summed E-state index contributed by atoms with van der Waals surface area (Å²) in [5, 5.41) is 0. The van der Waals surface area contributed by atoms with E-state index in [1.54, 1.807) is 0 Å². The van der Waals surface area contributed by atoms with Crippen molar-refractivity contribution < 1.29 is 13.4 Å². The monoisotopic (exact) mass is 170 g/mol. The Kier molecular flexibility index (Phi) is 2.23.